The summed E-state index contributed by atoms with van der Waals surface area (Å²) in [5, 5.41) is 4.01. The number of hydrogen-bond acceptors (Lipinski definition) is 4. The first kappa shape index (κ1) is 13.7. The van der Waals surface area contributed by atoms with Gasteiger partial charge in [0.2, 0.25) is 0 Å². The molecule has 0 saturated heterocycles. The molecule has 0 aromatic carbocycles. The molecule has 0 saturated carbocycles. The molecule has 0 fully saturated rings. The van der Waals surface area contributed by atoms with Crippen molar-refractivity contribution in [1.29, 1.82) is 0 Å². The number of hydrogen-bond donors (Lipinski definition) is 0. The molecule has 92 valence electrons. The van der Waals surface area contributed by atoms with Crippen molar-refractivity contribution in [1.82, 2.24) is 14.5 Å². The second-order valence-corrected chi connectivity index (χ2v) is 4.83. The van der Waals surface area contributed by atoms with Crippen molar-refractivity contribution in [2.75, 3.05) is 13.1 Å². The van der Waals surface area contributed by atoms with Crippen LogP contribution in [-0.2, 0) is 0 Å². The van der Waals surface area contributed by atoms with Gasteiger partial charge in [-0.1, -0.05) is 31.2 Å². The number of terminal acetylenes is 1. The second-order valence-electron chi connectivity index (χ2n) is 4.07. The first-order chi connectivity index (χ1) is 8.11. The summed E-state index contributed by atoms with van der Waals surface area (Å²) in [7, 11) is 0. The summed E-state index contributed by atoms with van der Waals surface area (Å²) in [5.74, 6) is 2.66. The molecule has 0 aliphatic rings. The largest absolute Gasteiger partial charge is 0.327 e. The molecule has 0 aliphatic heterocycles. The highest BCUT2D eigenvalue weighted by Gasteiger charge is 2.22. The van der Waals surface area contributed by atoms with Crippen molar-refractivity contribution >= 4 is 17.4 Å². The minimum atomic E-state index is -0.0523. The first-order valence-corrected chi connectivity index (χ1v) is 6.44. The van der Waals surface area contributed by atoms with Gasteiger partial charge in [-0.25, -0.2) is 0 Å². The Labute approximate surface area is 106 Å². The summed E-state index contributed by atoms with van der Waals surface area (Å²) < 4.78 is 3.86. The molecule has 0 aliphatic carbocycles. The van der Waals surface area contributed by atoms with Crippen LogP contribution in [0.1, 0.15) is 48.5 Å². The second kappa shape index (κ2) is 6.36. The molecular weight excluding hydrogens is 234 g/mol. The summed E-state index contributed by atoms with van der Waals surface area (Å²) in [6.07, 6.45) is 6.16. The average Bonchev–Trinajstić information content (AvgIpc) is 2.76. The van der Waals surface area contributed by atoms with Crippen LogP contribution in [0.3, 0.4) is 0 Å². The summed E-state index contributed by atoms with van der Waals surface area (Å²) in [6.45, 7) is 7.02. The third-order valence-corrected chi connectivity index (χ3v) is 3.05. The zero-order valence-electron chi connectivity index (χ0n) is 10.4. The fourth-order valence-electron chi connectivity index (χ4n) is 1.50. The third kappa shape index (κ3) is 3.27. The number of carbonyl (C=O) groups excluding carboxylic acids is 1. The zero-order chi connectivity index (χ0) is 12.8. The summed E-state index contributed by atoms with van der Waals surface area (Å²) in [4.78, 5) is 14.6. The minimum Gasteiger partial charge on any atom is -0.327 e. The Balaban J connectivity index is 2.93. The maximum absolute atomic E-state index is 12.3. The Morgan fingerprint density at radius 2 is 2.29 bits per heavy atom. The molecule has 1 aromatic rings. The molecule has 4 nitrogen and oxygen atoms in total. The molecule has 0 unspecified atom stereocenters. The molecular formula is C12H17N3OS. The lowest BCUT2D eigenvalue weighted by Gasteiger charge is -2.19. The van der Waals surface area contributed by atoms with E-state index in [9.17, 15) is 4.79 Å². The lowest BCUT2D eigenvalue weighted by molar-refractivity contribution is 0.0780. The van der Waals surface area contributed by atoms with Gasteiger partial charge in [0.1, 0.15) is 4.88 Å². The van der Waals surface area contributed by atoms with Crippen molar-refractivity contribution in [3.63, 3.8) is 0 Å². The van der Waals surface area contributed by atoms with E-state index >= 15 is 0 Å². The quantitative estimate of drug-likeness (QED) is 0.753. The van der Waals surface area contributed by atoms with E-state index in [1.165, 1.54) is 0 Å². The monoisotopic (exact) mass is 251 g/mol. The molecule has 17 heavy (non-hydrogen) atoms. The van der Waals surface area contributed by atoms with Crippen molar-refractivity contribution in [3.05, 3.63) is 10.6 Å². The van der Waals surface area contributed by atoms with E-state index in [0.29, 0.717) is 18.0 Å². The van der Waals surface area contributed by atoms with Gasteiger partial charge in [0.15, 0.2) is 0 Å². The molecule has 0 N–H and O–H groups in total. The summed E-state index contributed by atoms with van der Waals surface area (Å²) in [5.41, 5.74) is 0.762. The van der Waals surface area contributed by atoms with Crippen LogP contribution < -0.4 is 0 Å². The van der Waals surface area contributed by atoms with Gasteiger partial charge in [-0.3, -0.25) is 4.79 Å². The van der Waals surface area contributed by atoms with E-state index in [1.54, 1.807) is 4.90 Å². The molecule has 1 amide bonds. The first-order valence-electron chi connectivity index (χ1n) is 5.66. The molecule has 0 atom stereocenters. The van der Waals surface area contributed by atoms with Gasteiger partial charge >= 0.3 is 0 Å². The number of aromatic nitrogens is 2. The number of nitrogens with zero attached hydrogens (tertiary/aromatic N) is 3. The molecule has 1 aromatic heterocycles. The van der Waals surface area contributed by atoms with Gasteiger partial charge in [0.25, 0.3) is 5.91 Å². The van der Waals surface area contributed by atoms with Gasteiger partial charge in [-0.05, 0) is 23.9 Å². The Bertz CT molecular complexity index is 420. The Morgan fingerprint density at radius 1 is 1.59 bits per heavy atom. The van der Waals surface area contributed by atoms with Crippen LogP contribution in [-0.4, -0.2) is 33.5 Å². The fraction of sp³-hybridized carbons (Fsp3) is 0.583. The highest BCUT2D eigenvalue weighted by Crippen LogP contribution is 2.21. The SMILES string of the molecule is C#CCN(CCC)C(=O)c1snnc1C(C)C. The van der Waals surface area contributed by atoms with Gasteiger partial charge in [-0.2, -0.15) is 0 Å². The normalized spacial score (nSPS) is 10.3. The Morgan fingerprint density at radius 3 is 2.82 bits per heavy atom. The number of carbonyl (C=O) groups is 1. The smallest absolute Gasteiger partial charge is 0.268 e. The highest BCUT2D eigenvalue weighted by molar-refractivity contribution is 7.08. The standard InChI is InChI=1S/C12H17N3OS/c1-5-7-15(8-6-2)12(16)11-10(9(3)4)13-14-17-11/h1,9H,6-8H2,2-4H3. The van der Waals surface area contributed by atoms with E-state index in [-0.39, 0.29) is 11.8 Å². The molecule has 5 heteroatoms. The molecule has 0 bridgehead atoms. The van der Waals surface area contributed by atoms with Crippen molar-refractivity contribution in [3.8, 4) is 12.3 Å². The molecule has 1 heterocycles. The van der Waals surface area contributed by atoms with Crippen molar-refractivity contribution < 1.29 is 4.79 Å². The topological polar surface area (TPSA) is 46.1 Å². The fourth-order valence-corrected chi connectivity index (χ4v) is 2.29. The van der Waals surface area contributed by atoms with Crippen LogP contribution in [0.5, 0.6) is 0 Å². The van der Waals surface area contributed by atoms with Crippen LogP contribution in [0.25, 0.3) is 0 Å². The van der Waals surface area contributed by atoms with Crippen LogP contribution in [0.4, 0.5) is 0 Å². The van der Waals surface area contributed by atoms with Crippen LogP contribution in [0.2, 0.25) is 0 Å². The highest BCUT2D eigenvalue weighted by atomic mass is 32.1. The van der Waals surface area contributed by atoms with Gasteiger partial charge in [0, 0.05) is 6.54 Å². The van der Waals surface area contributed by atoms with Crippen molar-refractivity contribution in [2.24, 2.45) is 0 Å². The molecule has 0 spiro atoms. The van der Waals surface area contributed by atoms with E-state index in [4.69, 9.17) is 6.42 Å². The minimum absolute atomic E-state index is 0.0523. The van der Waals surface area contributed by atoms with E-state index in [2.05, 4.69) is 15.5 Å². The Kier molecular flexibility index (Phi) is 5.11. The van der Waals surface area contributed by atoms with Gasteiger partial charge in [0.05, 0.1) is 12.2 Å². The van der Waals surface area contributed by atoms with E-state index < -0.39 is 0 Å². The van der Waals surface area contributed by atoms with E-state index in [1.807, 2.05) is 20.8 Å². The van der Waals surface area contributed by atoms with Crippen LogP contribution >= 0.6 is 11.5 Å². The zero-order valence-corrected chi connectivity index (χ0v) is 11.3. The third-order valence-electron chi connectivity index (χ3n) is 2.32. The van der Waals surface area contributed by atoms with Crippen LogP contribution in [0, 0.1) is 12.3 Å². The van der Waals surface area contributed by atoms with Crippen molar-refractivity contribution in [2.45, 2.75) is 33.1 Å². The number of amides is 1. The van der Waals surface area contributed by atoms with E-state index in [0.717, 1.165) is 23.6 Å². The molecule has 0 radical (unpaired) electrons. The number of rotatable bonds is 5. The summed E-state index contributed by atoms with van der Waals surface area (Å²) in [6, 6.07) is 0. The predicted octanol–water partition coefficient (Wildman–Crippen LogP) is 2.15. The van der Waals surface area contributed by atoms with Crippen LogP contribution in [0.15, 0.2) is 0 Å². The lowest BCUT2D eigenvalue weighted by Crippen LogP contribution is -2.32. The average molecular weight is 251 g/mol. The summed E-state index contributed by atoms with van der Waals surface area (Å²) >= 11 is 1.15. The molecule has 1 rings (SSSR count). The maximum atomic E-state index is 12.3. The van der Waals surface area contributed by atoms with Gasteiger partial charge < -0.3 is 4.90 Å². The predicted molar refractivity (Wildman–Crippen MR) is 69.0 cm³/mol. The Hall–Kier alpha value is -1.41. The van der Waals surface area contributed by atoms with Gasteiger partial charge in [-0.15, -0.1) is 11.5 Å². The maximum Gasteiger partial charge on any atom is 0.268 e. The lowest BCUT2D eigenvalue weighted by atomic mass is 10.1.